The van der Waals surface area contributed by atoms with Crippen LogP contribution in [0.2, 0.25) is 10.0 Å². The van der Waals surface area contributed by atoms with E-state index in [1.54, 1.807) is 23.1 Å². The van der Waals surface area contributed by atoms with Gasteiger partial charge in [0.25, 0.3) is 0 Å². The third-order valence-corrected chi connectivity index (χ3v) is 4.68. The number of halogens is 2. The summed E-state index contributed by atoms with van der Waals surface area (Å²) in [5.41, 5.74) is 3.44. The van der Waals surface area contributed by atoms with Gasteiger partial charge in [0.15, 0.2) is 0 Å². The van der Waals surface area contributed by atoms with Gasteiger partial charge in [0.1, 0.15) is 0 Å². The first kappa shape index (κ1) is 20.3. The smallest absolute Gasteiger partial charge is 0.226 e. The molecule has 4 nitrogen and oxygen atoms in total. The van der Waals surface area contributed by atoms with Crippen molar-refractivity contribution in [3.05, 3.63) is 57.6 Å². The summed E-state index contributed by atoms with van der Waals surface area (Å²) in [6.45, 7) is 5.81. The van der Waals surface area contributed by atoms with Crippen LogP contribution in [0.3, 0.4) is 0 Å². The van der Waals surface area contributed by atoms with E-state index in [-0.39, 0.29) is 24.8 Å². The minimum Gasteiger partial charge on any atom is -0.325 e. The van der Waals surface area contributed by atoms with Crippen molar-refractivity contribution in [2.45, 2.75) is 33.6 Å². The van der Waals surface area contributed by atoms with Crippen molar-refractivity contribution in [1.82, 2.24) is 0 Å². The molecule has 0 radical (unpaired) electrons. The molecule has 138 valence electrons. The minimum absolute atomic E-state index is 0.0948. The number of nitrogens with zero attached hydrogens (tertiary/aromatic N) is 1. The Bertz CT molecular complexity index is 821. The molecule has 1 N–H and O–H groups in total. The largest absolute Gasteiger partial charge is 0.325 e. The van der Waals surface area contributed by atoms with Gasteiger partial charge < -0.3 is 10.2 Å². The van der Waals surface area contributed by atoms with Crippen molar-refractivity contribution in [2.24, 2.45) is 0 Å². The molecule has 0 atom stereocenters. The zero-order valence-corrected chi connectivity index (χ0v) is 16.6. The number of aryl methyl sites for hydroxylation is 2. The van der Waals surface area contributed by atoms with Crippen molar-refractivity contribution < 1.29 is 9.59 Å². The summed E-state index contributed by atoms with van der Waals surface area (Å²) in [5.74, 6) is -0.324. The summed E-state index contributed by atoms with van der Waals surface area (Å²) in [4.78, 5) is 26.2. The minimum atomic E-state index is -0.230. The van der Waals surface area contributed by atoms with Gasteiger partial charge in [-0.2, -0.15) is 0 Å². The first-order valence-corrected chi connectivity index (χ1v) is 9.20. The molecule has 2 amide bonds. The number of amides is 2. The third-order valence-electron chi connectivity index (χ3n) is 4.12. The SMILES string of the molecule is CCc1cccc(C)c1N(CCC(=O)Nc1cc(Cl)ccc1Cl)C(C)=O. The van der Waals surface area contributed by atoms with Gasteiger partial charge in [-0.25, -0.2) is 0 Å². The zero-order chi connectivity index (χ0) is 19.3. The van der Waals surface area contributed by atoms with Crippen molar-refractivity contribution in [1.29, 1.82) is 0 Å². The van der Waals surface area contributed by atoms with Crippen LogP contribution in [0.15, 0.2) is 36.4 Å². The van der Waals surface area contributed by atoms with Crippen LogP contribution in [0.4, 0.5) is 11.4 Å². The second-order valence-corrected chi connectivity index (χ2v) is 6.87. The average molecular weight is 393 g/mol. The maximum Gasteiger partial charge on any atom is 0.226 e. The molecule has 0 aliphatic carbocycles. The first-order valence-electron chi connectivity index (χ1n) is 8.45. The molecule has 0 heterocycles. The highest BCUT2D eigenvalue weighted by Gasteiger charge is 2.18. The summed E-state index contributed by atoms with van der Waals surface area (Å²) in [6.07, 6.45) is 0.963. The van der Waals surface area contributed by atoms with Gasteiger partial charge in [0, 0.05) is 30.6 Å². The van der Waals surface area contributed by atoms with Crippen molar-refractivity contribution in [3.63, 3.8) is 0 Å². The number of anilines is 2. The van der Waals surface area contributed by atoms with E-state index >= 15 is 0 Å². The Morgan fingerprint density at radius 3 is 2.54 bits per heavy atom. The molecule has 0 aromatic heterocycles. The normalized spacial score (nSPS) is 10.5. The van der Waals surface area contributed by atoms with Gasteiger partial charge in [0.05, 0.1) is 10.7 Å². The molecule has 2 rings (SSSR count). The van der Waals surface area contributed by atoms with E-state index in [4.69, 9.17) is 23.2 Å². The second kappa shape index (κ2) is 9.06. The Morgan fingerprint density at radius 1 is 1.15 bits per heavy atom. The summed E-state index contributed by atoms with van der Waals surface area (Å²) in [7, 11) is 0. The van der Waals surface area contributed by atoms with Gasteiger partial charge in [-0.3, -0.25) is 9.59 Å². The summed E-state index contributed by atoms with van der Waals surface area (Å²) >= 11 is 12.0. The molecule has 26 heavy (non-hydrogen) atoms. The molecule has 0 saturated heterocycles. The summed E-state index contributed by atoms with van der Waals surface area (Å²) < 4.78 is 0. The number of rotatable bonds is 6. The molecule has 0 spiro atoms. The topological polar surface area (TPSA) is 49.4 Å². The van der Waals surface area contributed by atoms with E-state index in [1.165, 1.54) is 6.92 Å². The number of carbonyl (C=O) groups is 2. The van der Waals surface area contributed by atoms with Crippen molar-refractivity contribution >= 4 is 46.4 Å². The van der Waals surface area contributed by atoms with E-state index in [0.717, 1.165) is 23.2 Å². The Labute approximate surface area is 164 Å². The quantitative estimate of drug-likeness (QED) is 0.729. The van der Waals surface area contributed by atoms with Crippen molar-refractivity contribution in [3.8, 4) is 0 Å². The standard InChI is InChI=1S/C20H22Cl2N2O2/c1-4-15-7-5-6-13(2)20(15)24(14(3)25)11-10-19(26)23-18-12-16(21)8-9-17(18)22/h5-9,12H,4,10-11H2,1-3H3,(H,23,26). The third kappa shape index (κ3) is 4.99. The number of nitrogens with one attached hydrogen (secondary N) is 1. The van der Waals surface area contributed by atoms with E-state index < -0.39 is 0 Å². The van der Waals surface area contributed by atoms with Crippen LogP contribution < -0.4 is 10.2 Å². The lowest BCUT2D eigenvalue weighted by molar-refractivity contribution is -0.117. The molecule has 2 aromatic carbocycles. The zero-order valence-electron chi connectivity index (χ0n) is 15.1. The second-order valence-electron chi connectivity index (χ2n) is 6.03. The van der Waals surface area contributed by atoms with Crippen LogP contribution in [-0.4, -0.2) is 18.4 Å². The van der Waals surface area contributed by atoms with Crippen LogP contribution in [0.25, 0.3) is 0 Å². The predicted octanol–water partition coefficient (Wildman–Crippen LogP) is 5.25. The fourth-order valence-corrected chi connectivity index (χ4v) is 3.17. The van der Waals surface area contributed by atoms with Crippen LogP contribution in [0.5, 0.6) is 0 Å². The van der Waals surface area contributed by atoms with Gasteiger partial charge in [-0.15, -0.1) is 0 Å². The fourth-order valence-electron chi connectivity index (χ4n) is 2.84. The van der Waals surface area contributed by atoms with E-state index in [2.05, 4.69) is 5.32 Å². The van der Waals surface area contributed by atoms with Crippen LogP contribution >= 0.6 is 23.2 Å². The first-order chi connectivity index (χ1) is 12.3. The lowest BCUT2D eigenvalue weighted by Gasteiger charge is -2.25. The van der Waals surface area contributed by atoms with Gasteiger partial charge in [0.2, 0.25) is 11.8 Å². The number of carbonyl (C=O) groups excluding carboxylic acids is 2. The Kier molecular flexibility index (Phi) is 7.06. The molecule has 0 saturated carbocycles. The maximum absolute atomic E-state index is 12.3. The van der Waals surface area contributed by atoms with E-state index in [9.17, 15) is 9.59 Å². The molecule has 0 bridgehead atoms. The fraction of sp³-hybridized carbons (Fsp3) is 0.300. The summed E-state index contributed by atoms with van der Waals surface area (Å²) in [6, 6.07) is 10.8. The number of hydrogen-bond donors (Lipinski definition) is 1. The lowest BCUT2D eigenvalue weighted by Crippen LogP contribution is -2.33. The molecule has 6 heteroatoms. The highest BCUT2D eigenvalue weighted by molar-refractivity contribution is 6.35. The van der Waals surface area contributed by atoms with Crippen molar-refractivity contribution in [2.75, 3.05) is 16.8 Å². The number of benzene rings is 2. The van der Waals surface area contributed by atoms with Gasteiger partial charge >= 0.3 is 0 Å². The maximum atomic E-state index is 12.3. The average Bonchev–Trinajstić information content (AvgIpc) is 2.59. The van der Waals surface area contributed by atoms with Crippen LogP contribution in [-0.2, 0) is 16.0 Å². The molecule has 0 aliphatic heterocycles. The number of para-hydroxylation sites is 1. The highest BCUT2D eigenvalue weighted by atomic mass is 35.5. The molecule has 0 aliphatic rings. The van der Waals surface area contributed by atoms with Gasteiger partial charge in [-0.05, 0) is 42.7 Å². The monoisotopic (exact) mass is 392 g/mol. The molecule has 0 unspecified atom stereocenters. The lowest BCUT2D eigenvalue weighted by atomic mass is 10.0. The Morgan fingerprint density at radius 2 is 1.88 bits per heavy atom. The highest BCUT2D eigenvalue weighted by Crippen LogP contribution is 2.27. The Balaban J connectivity index is 2.13. The van der Waals surface area contributed by atoms with Gasteiger partial charge in [-0.1, -0.05) is 48.3 Å². The van der Waals surface area contributed by atoms with E-state index in [0.29, 0.717) is 15.7 Å². The Hall–Kier alpha value is -2.04. The van der Waals surface area contributed by atoms with Crippen LogP contribution in [0.1, 0.15) is 31.4 Å². The summed E-state index contributed by atoms with van der Waals surface area (Å²) in [5, 5.41) is 3.65. The molecule has 2 aromatic rings. The van der Waals surface area contributed by atoms with Crippen LogP contribution in [0, 0.1) is 6.92 Å². The molecular formula is C20H22Cl2N2O2. The molecular weight excluding hydrogens is 371 g/mol. The van der Waals surface area contributed by atoms with E-state index in [1.807, 2.05) is 32.0 Å². The number of hydrogen-bond acceptors (Lipinski definition) is 2. The predicted molar refractivity (Wildman–Crippen MR) is 108 cm³/mol. The molecule has 0 fully saturated rings.